The molecule has 0 amide bonds. The number of thiophene rings is 1. The van der Waals surface area contributed by atoms with Crippen LogP contribution in [0.15, 0.2) is 12.1 Å². The second-order valence-electron chi connectivity index (χ2n) is 8.28. The summed E-state index contributed by atoms with van der Waals surface area (Å²) < 4.78 is 6.14. The summed E-state index contributed by atoms with van der Waals surface area (Å²) >= 11 is 1.93. The van der Waals surface area contributed by atoms with Crippen LogP contribution in [-0.2, 0) is 10.2 Å². The molecule has 1 aliphatic heterocycles. The van der Waals surface area contributed by atoms with E-state index in [0.29, 0.717) is 5.92 Å². The zero-order valence-corrected chi connectivity index (χ0v) is 15.3. The first-order valence-electron chi connectivity index (χ1n) is 8.14. The van der Waals surface area contributed by atoms with E-state index in [0.717, 1.165) is 13.2 Å². The molecule has 2 heterocycles. The quantitative estimate of drug-likeness (QED) is 0.857. The molecule has 1 saturated heterocycles. The van der Waals surface area contributed by atoms with Gasteiger partial charge in [-0.05, 0) is 51.2 Å². The lowest BCUT2D eigenvalue weighted by molar-refractivity contribution is -0.0271. The van der Waals surface area contributed by atoms with Gasteiger partial charge in [-0.2, -0.15) is 0 Å². The summed E-state index contributed by atoms with van der Waals surface area (Å²) in [5, 5.41) is 3.65. The SMILES string of the molecule is CC(C)(C)NCC1CCCOC1c1ccc(C(C)(C)C)s1. The van der Waals surface area contributed by atoms with Gasteiger partial charge in [-0.3, -0.25) is 0 Å². The average Bonchev–Trinajstić information content (AvgIpc) is 2.85. The molecule has 2 rings (SSSR count). The zero-order valence-electron chi connectivity index (χ0n) is 14.5. The van der Waals surface area contributed by atoms with Gasteiger partial charge < -0.3 is 10.1 Å². The summed E-state index contributed by atoms with van der Waals surface area (Å²) in [5.74, 6) is 0.587. The van der Waals surface area contributed by atoms with E-state index in [-0.39, 0.29) is 17.1 Å². The molecular formula is C18H31NOS. The Morgan fingerprint density at radius 1 is 1.19 bits per heavy atom. The summed E-state index contributed by atoms with van der Waals surface area (Å²) in [6.07, 6.45) is 2.72. The van der Waals surface area contributed by atoms with Crippen LogP contribution in [0.25, 0.3) is 0 Å². The Hall–Kier alpha value is -0.380. The van der Waals surface area contributed by atoms with E-state index in [1.807, 2.05) is 11.3 Å². The molecule has 21 heavy (non-hydrogen) atoms. The minimum absolute atomic E-state index is 0.175. The second-order valence-corrected chi connectivity index (χ2v) is 9.39. The Bertz CT molecular complexity index is 453. The first-order chi connectivity index (χ1) is 9.67. The van der Waals surface area contributed by atoms with Crippen molar-refractivity contribution in [3.63, 3.8) is 0 Å². The fraction of sp³-hybridized carbons (Fsp3) is 0.778. The van der Waals surface area contributed by atoms with Crippen molar-refractivity contribution in [2.45, 2.75) is 71.4 Å². The molecule has 0 spiro atoms. The molecule has 0 aromatic carbocycles. The first-order valence-corrected chi connectivity index (χ1v) is 8.95. The maximum Gasteiger partial charge on any atom is 0.0956 e. The van der Waals surface area contributed by atoms with Crippen LogP contribution in [0.4, 0.5) is 0 Å². The zero-order chi connectivity index (χ0) is 15.7. The summed E-state index contributed by atoms with van der Waals surface area (Å²) in [5.41, 5.74) is 0.407. The van der Waals surface area contributed by atoms with Gasteiger partial charge in [0.05, 0.1) is 6.10 Å². The van der Waals surface area contributed by atoms with Crippen molar-refractivity contribution in [1.82, 2.24) is 5.32 Å². The lowest BCUT2D eigenvalue weighted by Gasteiger charge is -2.34. The van der Waals surface area contributed by atoms with Crippen LogP contribution >= 0.6 is 11.3 Å². The highest BCUT2D eigenvalue weighted by Crippen LogP contribution is 2.39. The van der Waals surface area contributed by atoms with Crippen LogP contribution < -0.4 is 5.32 Å². The highest BCUT2D eigenvalue weighted by Gasteiger charge is 2.30. The standard InChI is InChI=1S/C18H31NOS/c1-17(2,3)15-10-9-14(21-15)16-13(8-7-11-20-16)12-19-18(4,5)6/h9-10,13,16,19H,7-8,11-12H2,1-6H3. The molecule has 1 aliphatic rings. The summed E-state index contributed by atoms with van der Waals surface area (Å²) in [6, 6.07) is 4.57. The van der Waals surface area contributed by atoms with E-state index in [4.69, 9.17) is 4.74 Å². The normalized spacial score (nSPS) is 24.3. The summed E-state index contributed by atoms with van der Waals surface area (Å²) in [4.78, 5) is 2.86. The summed E-state index contributed by atoms with van der Waals surface area (Å²) in [6.45, 7) is 15.5. The monoisotopic (exact) mass is 309 g/mol. The van der Waals surface area contributed by atoms with Crippen molar-refractivity contribution in [2.24, 2.45) is 5.92 Å². The largest absolute Gasteiger partial charge is 0.372 e. The van der Waals surface area contributed by atoms with Crippen molar-refractivity contribution in [3.05, 3.63) is 21.9 Å². The highest BCUT2D eigenvalue weighted by atomic mass is 32.1. The molecule has 0 bridgehead atoms. The van der Waals surface area contributed by atoms with Crippen molar-refractivity contribution in [3.8, 4) is 0 Å². The van der Waals surface area contributed by atoms with Gasteiger partial charge in [0.2, 0.25) is 0 Å². The van der Waals surface area contributed by atoms with Gasteiger partial charge in [0.25, 0.3) is 0 Å². The van der Waals surface area contributed by atoms with E-state index in [1.165, 1.54) is 22.6 Å². The van der Waals surface area contributed by atoms with Crippen LogP contribution in [-0.4, -0.2) is 18.7 Å². The van der Waals surface area contributed by atoms with E-state index >= 15 is 0 Å². The van der Waals surface area contributed by atoms with Gasteiger partial charge in [-0.1, -0.05) is 20.8 Å². The van der Waals surface area contributed by atoms with Crippen molar-refractivity contribution >= 4 is 11.3 Å². The molecule has 1 N–H and O–H groups in total. The van der Waals surface area contributed by atoms with E-state index in [2.05, 4.69) is 59.0 Å². The Labute approximate surface area is 134 Å². The van der Waals surface area contributed by atoms with Crippen molar-refractivity contribution < 1.29 is 4.74 Å². The number of hydrogen-bond acceptors (Lipinski definition) is 3. The van der Waals surface area contributed by atoms with Crippen LogP contribution in [0.3, 0.4) is 0 Å². The van der Waals surface area contributed by atoms with E-state index < -0.39 is 0 Å². The number of nitrogens with one attached hydrogen (secondary N) is 1. The molecule has 2 nitrogen and oxygen atoms in total. The van der Waals surface area contributed by atoms with Crippen LogP contribution in [0.5, 0.6) is 0 Å². The molecule has 3 heteroatoms. The molecule has 0 radical (unpaired) electrons. The Morgan fingerprint density at radius 2 is 1.90 bits per heavy atom. The maximum atomic E-state index is 6.14. The van der Waals surface area contributed by atoms with Crippen molar-refractivity contribution in [1.29, 1.82) is 0 Å². The minimum Gasteiger partial charge on any atom is -0.372 e. The molecule has 0 saturated carbocycles. The lowest BCUT2D eigenvalue weighted by atomic mass is 9.92. The third-order valence-corrected chi connectivity index (χ3v) is 5.56. The molecule has 1 aromatic heterocycles. The van der Waals surface area contributed by atoms with Gasteiger partial charge in [-0.15, -0.1) is 11.3 Å². The van der Waals surface area contributed by atoms with Gasteiger partial charge in [0.1, 0.15) is 0 Å². The van der Waals surface area contributed by atoms with Crippen molar-refractivity contribution in [2.75, 3.05) is 13.2 Å². The third-order valence-electron chi connectivity index (χ3n) is 3.99. The molecule has 2 unspecified atom stereocenters. The average molecular weight is 310 g/mol. The van der Waals surface area contributed by atoms with E-state index in [1.54, 1.807) is 0 Å². The number of hydrogen-bond donors (Lipinski definition) is 1. The number of rotatable bonds is 3. The fourth-order valence-corrected chi connectivity index (χ4v) is 3.92. The fourth-order valence-electron chi connectivity index (χ4n) is 2.71. The second kappa shape index (κ2) is 6.39. The predicted octanol–water partition coefficient (Wildman–Crippen LogP) is 4.90. The minimum atomic E-state index is 0.175. The van der Waals surface area contributed by atoms with Gasteiger partial charge in [0.15, 0.2) is 0 Å². The smallest absolute Gasteiger partial charge is 0.0956 e. The topological polar surface area (TPSA) is 21.3 Å². The molecular weight excluding hydrogens is 278 g/mol. The van der Waals surface area contributed by atoms with Crippen LogP contribution in [0.2, 0.25) is 0 Å². The maximum absolute atomic E-state index is 6.14. The van der Waals surface area contributed by atoms with Crippen LogP contribution in [0, 0.1) is 5.92 Å². The Kier molecular flexibility index (Phi) is 5.17. The Morgan fingerprint density at radius 3 is 2.48 bits per heavy atom. The molecule has 120 valence electrons. The van der Waals surface area contributed by atoms with Gasteiger partial charge >= 0.3 is 0 Å². The van der Waals surface area contributed by atoms with Gasteiger partial charge in [0, 0.05) is 34.4 Å². The Balaban J connectivity index is 2.09. The lowest BCUT2D eigenvalue weighted by Crippen LogP contribution is -2.41. The molecule has 0 aliphatic carbocycles. The van der Waals surface area contributed by atoms with E-state index in [9.17, 15) is 0 Å². The molecule has 2 atom stereocenters. The molecule has 1 aromatic rings. The molecule has 1 fully saturated rings. The van der Waals surface area contributed by atoms with Crippen LogP contribution in [0.1, 0.15) is 70.2 Å². The third kappa shape index (κ3) is 4.80. The summed E-state index contributed by atoms with van der Waals surface area (Å²) in [7, 11) is 0. The predicted molar refractivity (Wildman–Crippen MR) is 92.2 cm³/mol. The number of ether oxygens (including phenoxy) is 1. The van der Waals surface area contributed by atoms with Gasteiger partial charge in [-0.25, -0.2) is 0 Å². The first kappa shape index (κ1) is 17.0. The highest BCUT2D eigenvalue weighted by molar-refractivity contribution is 7.12.